The average Bonchev–Trinajstić information content (AvgIpc) is 2.88. The number of imidazole rings is 1. The Labute approximate surface area is 117 Å². The van der Waals surface area contributed by atoms with E-state index in [1.54, 1.807) is 13.2 Å². The van der Waals surface area contributed by atoms with Crippen LogP contribution in [0.2, 0.25) is 0 Å². The van der Waals surface area contributed by atoms with Crippen molar-refractivity contribution < 1.29 is 4.74 Å². The summed E-state index contributed by atoms with van der Waals surface area (Å²) in [6, 6.07) is 0.313. The molecule has 0 aromatic carbocycles. The number of hydrogen-bond donors (Lipinski definition) is 2. The van der Waals surface area contributed by atoms with Gasteiger partial charge in [0.25, 0.3) is 0 Å². The standard InChI is InChI=1S/C12H19N7O/c1-4-7-20-12-17-10(13-2)16-11(18-12)15-8-9-14-5-6-19(9)3/h5-6H,4,7-8H2,1-3H3,(H2,13,15,16,17,18). The highest BCUT2D eigenvalue weighted by atomic mass is 16.5. The molecule has 2 N–H and O–H groups in total. The number of aromatic nitrogens is 5. The van der Waals surface area contributed by atoms with E-state index in [-0.39, 0.29) is 0 Å². The zero-order chi connectivity index (χ0) is 14.4. The quantitative estimate of drug-likeness (QED) is 0.781. The highest BCUT2D eigenvalue weighted by Crippen LogP contribution is 2.11. The molecular formula is C12H19N7O. The Hall–Kier alpha value is -2.38. The van der Waals surface area contributed by atoms with Crippen LogP contribution in [-0.4, -0.2) is 38.2 Å². The van der Waals surface area contributed by atoms with Crippen molar-refractivity contribution in [2.24, 2.45) is 7.05 Å². The third kappa shape index (κ3) is 3.56. The fourth-order valence-corrected chi connectivity index (χ4v) is 1.53. The van der Waals surface area contributed by atoms with Gasteiger partial charge < -0.3 is 19.9 Å². The van der Waals surface area contributed by atoms with Gasteiger partial charge in [-0.15, -0.1) is 0 Å². The average molecular weight is 277 g/mol. The Morgan fingerprint density at radius 3 is 2.70 bits per heavy atom. The van der Waals surface area contributed by atoms with E-state index in [9.17, 15) is 0 Å². The first-order chi connectivity index (χ1) is 9.72. The van der Waals surface area contributed by atoms with Crippen LogP contribution in [0.4, 0.5) is 11.9 Å². The van der Waals surface area contributed by atoms with Crippen molar-refractivity contribution in [2.45, 2.75) is 19.9 Å². The lowest BCUT2D eigenvalue weighted by molar-refractivity contribution is 0.292. The maximum absolute atomic E-state index is 5.44. The third-order valence-corrected chi connectivity index (χ3v) is 2.60. The molecule has 0 fully saturated rings. The van der Waals surface area contributed by atoms with Gasteiger partial charge >= 0.3 is 6.01 Å². The minimum atomic E-state index is 0.313. The number of ether oxygens (including phenoxy) is 1. The molecule has 0 bridgehead atoms. The Morgan fingerprint density at radius 2 is 2.05 bits per heavy atom. The van der Waals surface area contributed by atoms with E-state index in [0.717, 1.165) is 12.2 Å². The minimum Gasteiger partial charge on any atom is -0.463 e. The fourth-order valence-electron chi connectivity index (χ4n) is 1.53. The van der Waals surface area contributed by atoms with Crippen molar-refractivity contribution in [3.05, 3.63) is 18.2 Å². The monoisotopic (exact) mass is 277 g/mol. The summed E-state index contributed by atoms with van der Waals surface area (Å²) in [7, 11) is 3.69. The van der Waals surface area contributed by atoms with Gasteiger partial charge in [-0.3, -0.25) is 0 Å². The first kappa shape index (κ1) is 14.0. The molecule has 20 heavy (non-hydrogen) atoms. The van der Waals surface area contributed by atoms with Crippen LogP contribution in [0.5, 0.6) is 6.01 Å². The summed E-state index contributed by atoms with van der Waals surface area (Å²) in [5, 5.41) is 6.00. The van der Waals surface area contributed by atoms with Gasteiger partial charge in [-0.25, -0.2) is 4.98 Å². The van der Waals surface area contributed by atoms with E-state index < -0.39 is 0 Å². The predicted octanol–water partition coefficient (Wildman–Crippen LogP) is 1.05. The van der Waals surface area contributed by atoms with Crippen molar-refractivity contribution in [3.8, 4) is 6.01 Å². The van der Waals surface area contributed by atoms with Gasteiger partial charge in [0.2, 0.25) is 11.9 Å². The van der Waals surface area contributed by atoms with E-state index in [1.165, 1.54) is 0 Å². The molecule has 8 heteroatoms. The van der Waals surface area contributed by atoms with E-state index in [2.05, 4.69) is 30.6 Å². The fraction of sp³-hybridized carbons (Fsp3) is 0.500. The lowest BCUT2D eigenvalue weighted by atomic mass is 10.5. The molecule has 0 aliphatic carbocycles. The van der Waals surface area contributed by atoms with Gasteiger partial charge in [-0.2, -0.15) is 15.0 Å². The van der Waals surface area contributed by atoms with Gasteiger partial charge in [0.05, 0.1) is 13.2 Å². The molecule has 2 aromatic rings. The Balaban J connectivity index is 2.07. The maximum Gasteiger partial charge on any atom is 0.323 e. The van der Waals surface area contributed by atoms with Crippen LogP contribution in [0.3, 0.4) is 0 Å². The van der Waals surface area contributed by atoms with E-state index in [1.807, 2.05) is 24.7 Å². The third-order valence-electron chi connectivity index (χ3n) is 2.60. The maximum atomic E-state index is 5.44. The lowest BCUT2D eigenvalue weighted by Crippen LogP contribution is -2.11. The Kier molecular flexibility index (Phi) is 4.70. The molecule has 0 aliphatic rings. The molecule has 2 heterocycles. The molecule has 0 aliphatic heterocycles. The van der Waals surface area contributed by atoms with Crippen molar-refractivity contribution in [1.82, 2.24) is 24.5 Å². The molecule has 0 spiro atoms. The normalized spacial score (nSPS) is 10.3. The second-order valence-electron chi connectivity index (χ2n) is 4.17. The summed E-state index contributed by atoms with van der Waals surface area (Å²) in [4.78, 5) is 16.8. The van der Waals surface area contributed by atoms with Crippen LogP contribution in [0.1, 0.15) is 19.2 Å². The van der Waals surface area contributed by atoms with Gasteiger partial charge in [-0.1, -0.05) is 6.92 Å². The van der Waals surface area contributed by atoms with Crippen molar-refractivity contribution in [2.75, 3.05) is 24.3 Å². The van der Waals surface area contributed by atoms with Gasteiger partial charge in [0.1, 0.15) is 5.82 Å². The number of hydrogen-bond acceptors (Lipinski definition) is 7. The molecular weight excluding hydrogens is 258 g/mol. The molecule has 0 saturated carbocycles. The van der Waals surface area contributed by atoms with Gasteiger partial charge in [0, 0.05) is 26.5 Å². The Morgan fingerprint density at radius 1 is 1.25 bits per heavy atom. The summed E-state index contributed by atoms with van der Waals surface area (Å²) in [5.41, 5.74) is 0. The van der Waals surface area contributed by atoms with E-state index >= 15 is 0 Å². The first-order valence-corrected chi connectivity index (χ1v) is 6.49. The second kappa shape index (κ2) is 6.69. The SMILES string of the molecule is CCCOc1nc(NC)nc(NCc2nccn2C)n1. The highest BCUT2D eigenvalue weighted by molar-refractivity contribution is 5.35. The van der Waals surface area contributed by atoms with Crippen molar-refractivity contribution in [1.29, 1.82) is 0 Å². The molecule has 2 aromatic heterocycles. The number of anilines is 2. The topological polar surface area (TPSA) is 89.8 Å². The molecule has 0 unspecified atom stereocenters. The van der Waals surface area contributed by atoms with Crippen LogP contribution >= 0.6 is 0 Å². The second-order valence-corrected chi connectivity index (χ2v) is 4.17. The van der Waals surface area contributed by atoms with Crippen LogP contribution in [0.15, 0.2) is 12.4 Å². The van der Waals surface area contributed by atoms with E-state index in [4.69, 9.17) is 4.74 Å². The smallest absolute Gasteiger partial charge is 0.323 e. The lowest BCUT2D eigenvalue weighted by Gasteiger charge is -2.09. The summed E-state index contributed by atoms with van der Waals surface area (Å²) in [6.45, 7) is 3.14. The number of nitrogens with zero attached hydrogens (tertiary/aromatic N) is 5. The summed E-state index contributed by atoms with van der Waals surface area (Å²) < 4.78 is 7.37. The molecule has 108 valence electrons. The van der Waals surface area contributed by atoms with Gasteiger partial charge in [0.15, 0.2) is 0 Å². The largest absolute Gasteiger partial charge is 0.463 e. The van der Waals surface area contributed by atoms with Crippen LogP contribution in [0, 0.1) is 0 Å². The molecule has 0 saturated heterocycles. The summed E-state index contributed by atoms with van der Waals surface area (Å²) in [5.74, 6) is 1.82. The zero-order valence-corrected chi connectivity index (χ0v) is 11.9. The molecule has 8 nitrogen and oxygen atoms in total. The molecule has 0 atom stereocenters. The van der Waals surface area contributed by atoms with Crippen LogP contribution in [-0.2, 0) is 13.6 Å². The predicted molar refractivity (Wildman–Crippen MR) is 75.7 cm³/mol. The van der Waals surface area contributed by atoms with Gasteiger partial charge in [-0.05, 0) is 6.42 Å². The first-order valence-electron chi connectivity index (χ1n) is 6.49. The Bertz CT molecular complexity index is 554. The van der Waals surface area contributed by atoms with Crippen LogP contribution < -0.4 is 15.4 Å². The van der Waals surface area contributed by atoms with E-state index in [0.29, 0.717) is 31.1 Å². The molecule has 0 amide bonds. The number of rotatable bonds is 7. The minimum absolute atomic E-state index is 0.313. The summed E-state index contributed by atoms with van der Waals surface area (Å²) in [6.07, 6.45) is 4.54. The molecule has 2 rings (SSSR count). The van der Waals surface area contributed by atoms with Crippen LogP contribution in [0.25, 0.3) is 0 Å². The number of aryl methyl sites for hydroxylation is 1. The highest BCUT2D eigenvalue weighted by Gasteiger charge is 2.07. The summed E-state index contributed by atoms with van der Waals surface area (Å²) >= 11 is 0. The van der Waals surface area contributed by atoms with Crippen molar-refractivity contribution in [3.63, 3.8) is 0 Å². The zero-order valence-electron chi connectivity index (χ0n) is 11.9. The van der Waals surface area contributed by atoms with Crippen molar-refractivity contribution >= 4 is 11.9 Å². The molecule has 0 radical (unpaired) electrons. The number of nitrogens with one attached hydrogen (secondary N) is 2.